The number of rotatable bonds is 2. The Balaban J connectivity index is 2.70. The number of nitrogens with zero attached hydrogens (tertiary/aromatic N) is 1. The molecule has 1 heterocycles. The third-order valence-corrected chi connectivity index (χ3v) is 2.52. The first kappa shape index (κ1) is 11.3. The van der Waals surface area contributed by atoms with Gasteiger partial charge in [0.25, 0.3) is 0 Å². The molecule has 3 nitrogen and oxygen atoms in total. The van der Waals surface area contributed by atoms with E-state index in [9.17, 15) is 9.18 Å². The van der Waals surface area contributed by atoms with Crippen LogP contribution < -0.4 is 0 Å². The highest BCUT2D eigenvalue weighted by Crippen LogP contribution is 2.27. The highest BCUT2D eigenvalue weighted by Gasteiger charge is 2.13. The summed E-state index contributed by atoms with van der Waals surface area (Å²) >= 11 is 0. The zero-order chi connectivity index (χ0) is 12.4. The van der Waals surface area contributed by atoms with Crippen molar-refractivity contribution in [1.82, 2.24) is 4.98 Å². The van der Waals surface area contributed by atoms with E-state index in [1.807, 2.05) is 0 Å². The van der Waals surface area contributed by atoms with Crippen molar-refractivity contribution < 1.29 is 14.3 Å². The number of carboxylic acid groups (broad SMARTS) is 1. The van der Waals surface area contributed by atoms with Crippen LogP contribution in [0.5, 0.6) is 0 Å². The molecule has 0 aliphatic rings. The molecule has 0 atom stereocenters. The van der Waals surface area contributed by atoms with Gasteiger partial charge in [0.1, 0.15) is 5.82 Å². The van der Waals surface area contributed by atoms with Crippen LogP contribution in [0.2, 0.25) is 0 Å². The van der Waals surface area contributed by atoms with Crippen LogP contribution in [0, 0.1) is 12.7 Å². The number of aromatic nitrogens is 1. The van der Waals surface area contributed by atoms with Crippen LogP contribution in [0.1, 0.15) is 15.9 Å². The SMILES string of the molecule is Cc1cnccc1-c1cc(F)ccc1C(=O)O. The topological polar surface area (TPSA) is 50.2 Å². The van der Waals surface area contributed by atoms with E-state index in [1.165, 1.54) is 12.1 Å². The van der Waals surface area contributed by atoms with Gasteiger partial charge in [-0.2, -0.15) is 0 Å². The van der Waals surface area contributed by atoms with E-state index in [0.717, 1.165) is 11.6 Å². The van der Waals surface area contributed by atoms with Crippen molar-refractivity contribution in [2.75, 3.05) is 0 Å². The lowest BCUT2D eigenvalue weighted by atomic mass is 9.97. The van der Waals surface area contributed by atoms with Gasteiger partial charge in [-0.25, -0.2) is 9.18 Å². The lowest BCUT2D eigenvalue weighted by Crippen LogP contribution is -2.01. The average Bonchev–Trinajstić information content (AvgIpc) is 2.29. The summed E-state index contributed by atoms with van der Waals surface area (Å²) in [5.74, 6) is -1.53. The second kappa shape index (κ2) is 4.33. The predicted molar refractivity (Wildman–Crippen MR) is 61.3 cm³/mol. The molecule has 0 bridgehead atoms. The Kier molecular flexibility index (Phi) is 2.87. The fourth-order valence-electron chi connectivity index (χ4n) is 1.70. The van der Waals surface area contributed by atoms with Gasteiger partial charge in [0.05, 0.1) is 5.56 Å². The van der Waals surface area contributed by atoms with Gasteiger partial charge in [0.15, 0.2) is 0 Å². The molecule has 0 saturated heterocycles. The van der Waals surface area contributed by atoms with E-state index in [0.29, 0.717) is 11.1 Å². The summed E-state index contributed by atoms with van der Waals surface area (Å²) in [6, 6.07) is 5.32. The van der Waals surface area contributed by atoms with E-state index in [4.69, 9.17) is 5.11 Å². The zero-order valence-corrected chi connectivity index (χ0v) is 9.14. The van der Waals surface area contributed by atoms with Crippen molar-refractivity contribution in [1.29, 1.82) is 0 Å². The summed E-state index contributed by atoms with van der Waals surface area (Å²) in [5, 5.41) is 9.07. The van der Waals surface area contributed by atoms with E-state index >= 15 is 0 Å². The molecule has 0 saturated carbocycles. The highest BCUT2D eigenvalue weighted by atomic mass is 19.1. The molecule has 1 aromatic heterocycles. The number of hydrogen-bond donors (Lipinski definition) is 1. The molecule has 0 spiro atoms. The maximum atomic E-state index is 13.2. The number of benzene rings is 1. The summed E-state index contributed by atoms with van der Waals surface area (Å²) in [5.41, 5.74) is 1.94. The summed E-state index contributed by atoms with van der Waals surface area (Å²) < 4.78 is 13.2. The lowest BCUT2D eigenvalue weighted by molar-refractivity contribution is 0.0697. The van der Waals surface area contributed by atoms with E-state index < -0.39 is 11.8 Å². The average molecular weight is 231 g/mol. The summed E-state index contributed by atoms with van der Waals surface area (Å²) in [6.45, 7) is 1.80. The Hall–Kier alpha value is -2.23. The van der Waals surface area contributed by atoms with Gasteiger partial charge >= 0.3 is 5.97 Å². The maximum Gasteiger partial charge on any atom is 0.336 e. The molecule has 0 aliphatic carbocycles. The van der Waals surface area contributed by atoms with E-state index in [1.54, 1.807) is 25.4 Å². The van der Waals surface area contributed by atoms with Crippen molar-refractivity contribution >= 4 is 5.97 Å². The van der Waals surface area contributed by atoms with E-state index in [2.05, 4.69) is 4.98 Å². The Bertz CT molecular complexity index is 581. The summed E-state index contributed by atoms with van der Waals surface area (Å²) in [4.78, 5) is 15.0. The molecule has 1 aromatic carbocycles. The zero-order valence-electron chi connectivity index (χ0n) is 9.14. The van der Waals surface area contributed by atoms with Gasteiger partial charge in [0, 0.05) is 12.4 Å². The van der Waals surface area contributed by atoms with Crippen LogP contribution in [0.25, 0.3) is 11.1 Å². The molecule has 4 heteroatoms. The molecule has 0 aliphatic heterocycles. The number of hydrogen-bond acceptors (Lipinski definition) is 2. The van der Waals surface area contributed by atoms with Crippen LogP contribution in [-0.2, 0) is 0 Å². The smallest absolute Gasteiger partial charge is 0.336 e. The molecule has 1 N–H and O–H groups in total. The van der Waals surface area contributed by atoms with Crippen molar-refractivity contribution in [3.63, 3.8) is 0 Å². The molecular weight excluding hydrogens is 221 g/mol. The second-order valence-corrected chi connectivity index (χ2v) is 3.69. The van der Waals surface area contributed by atoms with E-state index in [-0.39, 0.29) is 5.56 Å². The van der Waals surface area contributed by atoms with Gasteiger partial charge in [-0.3, -0.25) is 4.98 Å². The number of halogens is 1. The Labute approximate surface area is 97.6 Å². The molecule has 0 radical (unpaired) electrons. The van der Waals surface area contributed by atoms with Crippen molar-refractivity contribution in [3.8, 4) is 11.1 Å². The number of carboxylic acids is 1. The normalized spacial score (nSPS) is 10.2. The number of pyridine rings is 1. The van der Waals surface area contributed by atoms with Gasteiger partial charge < -0.3 is 5.11 Å². The first-order chi connectivity index (χ1) is 8.09. The molecular formula is C13H10FNO2. The minimum absolute atomic E-state index is 0.0840. The minimum Gasteiger partial charge on any atom is -0.478 e. The predicted octanol–water partition coefficient (Wildman–Crippen LogP) is 2.89. The first-order valence-corrected chi connectivity index (χ1v) is 5.03. The molecule has 86 valence electrons. The Morgan fingerprint density at radius 3 is 2.71 bits per heavy atom. The Morgan fingerprint density at radius 1 is 1.29 bits per heavy atom. The molecule has 2 rings (SSSR count). The Morgan fingerprint density at radius 2 is 2.06 bits per heavy atom. The largest absolute Gasteiger partial charge is 0.478 e. The van der Waals surface area contributed by atoms with Crippen LogP contribution >= 0.6 is 0 Å². The maximum absolute atomic E-state index is 13.2. The molecule has 0 unspecified atom stereocenters. The van der Waals surface area contributed by atoms with Crippen LogP contribution in [0.3, 0.4) is 0 Å². The van der Waals surface area contributed by atoms with Gasteiger partial charge in [0.2, 0.25) is 0 Å². The lowest BCUT2D eigenvalue weighted by Gasteiger charge is -2.08. The standard InChI is InChI=1S/C13H10FNO2/c1-8-7-15-5-4-10(8)12-6-9(14)2-3-11(12)13(16)17/h2-7H,1H3,(H,16,17). The quantitative estimate of drug-likeness (QED) is 0.864. The van der Waals surface area contributed by atoms with Crippen LogP contribution in [-0.4, -0.2) is 16.1 Å². The third kappa shape index (κ3) is 2.15. The molecule has 0 amide bonds. The minimum atomic E-state index is -1.07. The molecule has 2 aromatic rings. The van der Waals surface area contributed by atoms with Crippen molar-refractivity contribution in [3.05, 3.63) is 53.6 Å². The molecule has 17 heavy (non-hydrogen) atoms. The number of aryl methyl sites for hydroxylation is 1. The fraction of sp³-hybridized carbons (Fsp3) is 0.0769. The van der Waals surface area contributed by atoms with Gasteiger partial charge in [-0.05, 0) is 47.9 Å². The third-order valence-electron chi connectivity index (χ3n) is 2.52. The van der Waals surface area contributed by atoms with Crippen LogP contribution in [0.15, 0.2) is 36.7 Å². The van der Waals surface area contributed by atoms with Crippen LogP contribution in [0.4, 0.5) is 4.39 Å². The first-order valence-electron chi connectivity index (χ1n) is 5.03. The van der Waals surface area contributed by atoms with Crippen molar-refractivity contribution in [2.24, 2.45) is 0 Å². The summed E-state index contributed by atoms with van der Waals surface area (Å²) in [6.07, 6.45) is 3.17. The van der Waals surface area contributed by atoms with Gasteiger partial charge in [-0.15, -0.1) is 0 Å². The van der Waals surface area contributed by atoms with Crippen molar-refractivity contribution in [2.45, 2.75) is 6.92 Å². The number of carbonyl (C=O) groups is 1. The monoisotopic (exact) mass is 231 g/mol. The summed E-state index contributed by atoms with van der Waals surface area (Å²) in [7, 11) is 0. The second-order valence-electron chi connectivity index (χ2n) is 3.69. The highest BCUT2D eigenvalue weighted by molar-refractivity contribution is 5.96. The van der Waals surface area contributed by atoms with Gasteiger partial charge in [-0.1, -0.05) is 0 Å². The molecule has 0 fully saturated rings. The fourth-order valence-corrected chi connectivity index (χ4v) is 1.70. The number of aromatic carboxylic acids is 1.